The highest BCUT2D eigenvalue weighted by atomic mass is 35.5. The molecule has 0 aliphatic carbocycles. The molecule has 2 rings (SSSR count). The third-order valence-electron chi connectivity index (χ3n) is 2.04. The van der Waals surface area contributed by atoms with Crippen LogP contribution in [0, 0.1) is 0 Å². The number of nitrogens with two attached hydrogens (primary N) is 1. The van der Waals surface area contributed by atoms with Crippen LogP contribution in [0.2, 0.25) is 5.02 Å². The average molecular weight is 237 g/mol. The van der Waals surface area contributed by atoms with E-state index in [0.717, 1.165) is 0 Å². The second-order valence-electron chi connectivity index (χ2n) is 3.20. The lowest BCUT2D eigenvalue weighted by atomic mass is 10.2. The van der Waals surface area contributed by atoms with Crippen LogP contribution in [0.25, 0.3) is 0 Å². The van der Waals surface area contributed by atoms with Gasteiger partial charge in [-0.2, -0.15) is 0 Å². The van der Waals surface area contributed by atoms with Crippen molar-refractivity contribution in [2.24, 2.45) is 0 Å². The van der Waals surface area contributed by atoms with Gasteiger partial charge >= 0.3 is 0 Å². The number of hydrogen-bond donors (Lipinski definition) is 2. The van der Waals surface area contributed by atoms with Crippen molar-refractivity contribution in [2.75, 3.05) is 11.1 Å². The molecule has 1 aromatic heterocycles. The highest BCUT2D eigenvalue weighted by Crippen LogP contribution is 2.22. The summed E-state index contributed by atoms with van der Waals surface area (Å²) in [7, 11) is 0. The van der Waals surface area contributed by atoms with Crippen molar-refractivity contribution in [1.82, 2.24) is 0 Å². The second-order valence-corrected chi connectivity index (χ2v) is 3.61. The van der Waals surface area contributed by atoms with Crippen LogP contribution in [0.15, 0.2) is 41.2 Å². The molecule has 0 bridgehead atoms. The number of furan rings is 1. The van der Waals surface area contributed by atoms with Crippen molar-refractivity contribution in [3.8, 4) is 0 Å². The van der Waals surface area contributed by atoms with Gasteiger partial charge in [0.1, 0.15) is 6.26 Å². The quantitative estimate of drug-likeness (QED) is 0.788. The predicted molar refractivity (Wildman–Crippen MR) is 62.5 cm³/mol. The Kier molecular flexibility index (Phi) is 2.83. The number of carbonyl (C=O) groups excluding carboxylic acids is 1. The minimum atomic E-state index is -0.254. The van der Waals surface area contributed by atoms with Crippen molar-refractivity contribution in [2.45, 2.75) is 0 Å². The van der Waals surface area contributed by atoms with Crippen LogP contribution in [0.4, 0.5) is 11.4 Å². The fourth-order valence-corrected chi connectivity index (χ4v) is 1.34. The highest BCUT2D eigenvalue weighted by molar-refractivity contribution is 6.33. The van der Waals surface area contributed by atoms with Crippen LogP contribution in [-0.4, -0.2) is 5.91 Å². The molecule has 0 fully saturated rings. The molecule has 0 radical (unpaired) electrons. The van der Waals surface area contributed by atoms with Crippen LogP contribution >= 0.6 is 11.6 Å². The van der Waals surface area contributed by atoms with E-state index in [4.69, 9.17) is 21.8 Å². The molecule has 0 unspecified atom stereocenters. The van der Waals surface area contributed by atoms with E-state index in [1.165, 1.54) is 12.5 Å². The summed E-state index contributed by atoms with van der Waals surface area (Å²) in [5.41, 5.74) is 7.08. The number of nitrogen functional groups attached to an aromatic ring is 1. The lowest BCUT2D eigenvalue weighted by Gasteiger charge is -2.05. The maximum atomic E-state index is 11.6. The standard InChI is InChI=1S/C11H9ClN2O2/c12-9-2-1-8(5-10(9)13)14-11(15)7-3-4-16-6-7/h1-6H,13H2,(H,14,15). The Morgan fingerprint density at radius 1 is 1.38 bits per heavy atom. The van der Waals surface area contributed by atoms with E-state index in [1.54, 1.807) is 24.3 Å². The van der Waals surface area contributed by atoms with Gasteiger partial charge in [0, 0.05) is 5.69 Å². The molecule has 16 heavy (non-hydrogen) atoms. The molecular weight excluding hydrogens is 228 g/mol. The Labute approximate surface area is 97.0 Å². The molecule has 1 aromatic carbocycles. The number of carbonyl (C=O) groups is 1. The van der Waals surface area contributed by atoms with Gasteiger partial charge in [0.15, 0.2) is 0 Å². The number of anilines is 2. The fourth-order valence-electron chi connectivity index (χ4n) is 1.22. The Balaban J connectivity index is 2.15. The molecule has 0 aliphatic heterocycles. The summed E-state index contributed by atoms with van der Waals surface area (Å²) in [6.07, 6.45) is 2.81. The fraction of sp³-hybridized carbons (Fsp3) is 0. The highest BCUT2D eigenvalue weighted by Gasteiger charge is 2.07. The van der Waals surface area contributed by atoms with Crippen molar-refractivity contribution in [3.05, 3.63) is 47.4 Å². The summed E-state index contributed by atoms with van der Waals surface area (Å²) in [6, 6.07) is 6.48. The van der Waals surface area contributed by atoms with Crippen molar-refractivity contribution < 1.29 is 9.21 Å². The zero-order valence-electron chi connectivity index (χ0n) is 8.24. The van der Waals surface area contributed by atoms with Crippen LogP contribution in [-0.2, 0) is 0 Å². The molecule has 2 aromatic rings. The molecule has 1 amide bonds. The predicted octanol–water partition coefficient (Wildman–Crippen LogP) is 2.77. The Bertz CT molecular complexity index is 509. The smallest absolute Gasteiger partial charge is 0.258 e. The van der Waals surface area contributed by atoms with Crippen molar-refractivity contribution in [3.63, 3.8) is 0 Å². The van der Waals surface area contributed by atoms with Gasteiger partial charge in [-0.05, 0) is 24.3 Å². The summed E-state index contributed by atoms with van der Waals surface area (Å²) >= 11 is 5.76. The van der Waals surface area contributed by atoms with Gasteiger partial charge in [0.2, 0.25) is 0 Å². The Morgan fingerprint density at radius 3 is 2.81 bits per heavy atom. The minimum Gasteiger partial charge on any atom is -0.472 e. The summed E-state index contributed by atoms with van der Waals surface area (Å²) in [6.45, 7) is 0. The number of amides is 1. The summed E-state index contributed by atoms with van der Waals surface area (Å²) in [5, 5.41) is 3.13. The lowest BCUT2D eigenvalue weighted by Crippen LogP contribution is -2.10. The summed E-state index contributed by atoms with van der Waals surface area (Å²) in [5.74, 6) is -0.254. The van der Waals surface area contributed by atoms with Crippen molar-refractivity contribution >= 4 is 28.9 Å². The van der Waals surface area contributed by atoms with Gasteiger partial charge in [-0.25, -0.2) is 0 Å². The lowest BCUT2D eigenvalue weighted by molar-refractivity contribution is 0.102. The molecule has 5 heteroatoms. The normalized spacial score (nSPS) is 10.1. The average Bonchev–Trinajstić information content (AvgIpc) is 2.77. The molecule has 0 saturated carbocycles. The number of hydrogen-bond acceptors (Lipinski definition) is 3. The Morgan fingerprint density at radius 2 is 2.19 bits per heavy atom. The van der Waals surface area contributed by atoms with Gasteiger partial charge < -0.3 is 15.5 Å². The summed E-state index contributed by atoms with van der Waals surface area (Å²) in [4.78, 5) is 11.6. The number of rotatable bonds is 2. The molecule has 0 saturated heterocycles. The first-order valence-corrected chi connectivity index (χ1v) is 4.93. The molecule has 3 N–H and O–H groups in total. The van der Waals surface area contributed by atoms with Crippen LogP contribution in [0.5, 0.6) is 0 Å². The maximum Gasteiger partial charge on any atom is 0.258 e. The van der Waals surface area contributed by atoms with Crippen LogP contribution < -0.4 is 11.1 Å². The molecule has 0 atom stereocenters. The monoisotopic (exact) mass is 236 g/mol. The number of nitrogens with one attached hydrogen (secondary N) is 1. The zero-order chi connectivity index (χ0) is 11.5. The molecular formula is C11H9ClN2O2. The molecule has 0 aliphatic rings. The minimum absolute atomic E-state index is 0.254. The van der Waals surface area contributed by atoms with E-state index in [-0.39, 0.29) is 5.91 Å². The third kappa shape index (κ3) is 2.17. The second kappa shape index (κ2) is 4.28. The van der Waals surface area contributed by atoms with Gasteiger partial charge in [0.25, 0.3) is 5.91 Å². The van der Waals surface area contributed by atoms with E-state index in [9.17, 15) is 4.79 Å². The largest absolute Gasteiger partial charge is 0.472 e. The van der Waals surface area contributed by atoms with Crippen LogP contribution in [0.1, 0.15) is 10.4 Å². The summed E-state index contributed by atoms with van der Waals surface area (Å²) < 4.78 is 4.81. The maximum absolute atomic E-state index is 11.6. The van der Waals surface area contributed by atoms with Crippen LogP contribution in [0.3, 0.4) is 0 Å². The molecule has 0 spiro atoms. The van der Waals surface area contributed by atoms with Gasteiger partial charge in [-0.3, -0.25) is 4.79 Å². The third-order valence-corrected chi connectivity index (χ3v) is 2.38. The van der Waals surface area contributed by atoms with Gasteiger partial charge in [-0.15, -0.1) is 0 Å². The van der Waals surface area contributed by atoms with Crippen molar-refractivity contribution in [1.29, 1.82) is 0 Å². The van der Waals surface area contributed by atoms with Gasteiger partial charge in [-0.1, -0.05) is 11.6 Å². The Hall–Kier alpha value is -1.94. The first-order valence-electron chi connectivity index (χ1n) is 4.55. The van der Waals surface area contributed by atoms with E-state index < -0.39 is 0 Å². The molecule has 1 heterocycles. The van der Waals surface area contributed by atoms with E-state index in [0.29, 0.717) is 22.0 Å². The topological polar surface area (TPSA) is 68.3 Å². The van der Waals surface area contributed by atoms with Gasteiger partial charge in [0.05, 0.1) is 22.5 Å². The molecule has 4 nitrogen and oxygen atoms in total. The zero-order valence-corrected chi connectivity index (χ0v) is 8.99. The first kappa shape index (κ1) is 10.6. The van der Waals surface area contributed by atoms with E-state index in [2.05, 4.69) is 5.32 Å². The SMILES string of the molecule is Nc1cc(NC(=O)c2ccoc2)ccc1Cl. The van der Waals surface area contributed by atoms with E-state index in [1.807, 2.05) is 0 Å². The number of benzene rings is 1. The van der Waals surface area contributed by atoms with E-state index >= 15 is 0 Å². The first-order chi connectivity index (χ1) is 7.66. The molecule has 82 valence electrons. The number of halogens is 1.